The van der Waals surface area contributed by atoms with E-state index in [1.807, 2.05) is 0 Å². The predicted octanol–water partition coefficient (Wildman–Crippen LogP) is 2.13. The van der Waals surface area contributed by atoms with E-state index in [2.05, 4.69) is 30.6 Å². The molecule has 1 saturated heterocycles. The van der Waals surface area contributed by atoms with Crippen LogP contribution in [0.4, 0.5) is 5.69 Å². The number of carbonyl (C=O) groups is 1. The number of nitriles is 1. The maximum atomic E-state index is 12.5. The highest BCUT2D eigenvalue weighted by Gasteiger charge is 2.43. The molecule has 1 heterocycles. The molecule has 0 bridgehead atoms. The third kappa shape index (κ3) is 2.61. The van der Waals surface area contributed by atoms with Gasteiger partial charge in [-0.05, 0) is 43.1 Å². The summed E-state index contributed by atoms with van der Waals surface area (Å²) in [6, 6.07) is 9.03. The number of nitrogens with one attached hydrogen (secondary N) is 2. The fourth-order valence-electron chi connectivity index (χ4n) is 2.54. The lowest BCUT2D eigenvalue weighted by Gasteiger charge is -2.31. The lowest BCUT2D eigenvalue weighted by Crippen LogP contribution is -2.42. The van der Waals surface area contributed by atoms with Gasteiger partial charge in [-0.1, -0.05) is 13.8 Å². The molecule has 0 aliphatic carbocycles. The Hall–Kier alpha value is -1.86. The Morgan fingerprint density at radius 1 is 1.42 bits per heavy atom. The molecule has 4 heteroatoms. The molecule has 2 N–H and O–H groups in total. The molecule has 0 spiro atoms. The van der Waals surface area contributed by atoms with Crippen LogP contribution in [0.1, 0.15) is 25.8 Å². The van der Waals surface area contributed by atoms with Gasteiger partial charge >= 0.3 is 0 Å². The molecular weight excluding hydrogens is 238 g/mol. The van der Waals surface area contributed by atoms with Crippen LogP contribution in [0.3, 0.4) is 0 Å². The first-order valence-corrected chi connectivity index (χ1v) is 6.61. The summed E-state index contributed by atoms with van der Waals surface area (Å²) in [6.45, 7) is 5.79. The Bertz CT molecular complexity index is 493. The molecule has 2 rings (SSSR count). The van der Waals surface area contributed by atoms with Crippen molar-refractivity contribution in [2.75, 3.05) is 18.4 Å². The van der Waals surface area contributed by atoms with Crippen LogP contribution >= 0.6 is 0 Å². The van der Waals surface area contributed by atoms with Crippen molar-refractivity contribution in [1.82, 2.24) is 5.32 Å². The standard InChI is InChI=1S/C15H19N3O/c1-11(2)15(7-8-17-10-15)14(19)18-13-5-3-12(9-16)4-6-13/h3-6,11,17H,7-8,10H2,1-2H3,(H,18,19). The minimum absolute atomic E-state index is 0.0669. The minimum Gasteiger partial charge on any atom is -0.326 e. The summed E-state index contributed by atoms with van der Waals surface area (Å²) < 4.78 is 0. The fraction of sp³-hybridized carbons (Fsp3) is 0.467. The average molecular weight is 257 g/mol. The quantitative estimate of drug-likeness (QED) is 0.871. The van der Waals surface area contributed by atoms with E-state index in [0.717, 1.165) is 25.2 Å². The fourth-order valence-corrected chi connectivity index (χ4v) is 2.54. The molecule has 19 heavy (non-hydrogen) atoms. The van der Waals surface area contributed by atoms with Crippen molar-refractivity contribution in [3.05, 3.63) is 29.8 Å². The Labute approximate surface area is 113 Å². The van der Waals surface area contributed by atoms with Crippen LogP contribution in [0.5, 0.6) is 0 Å². The van der Waals surface area contributed by atoms with Crippen LogP contribution in [0.2, 0.25) is 0 Å². The average Bonchev–Trinajstić information content (AvgIpc) is 2.90. The van der Waals surface area contributed by atoms with Crippen LogP contribution in [0.25, 0.3) is 0 Å². The maximum Gasteiger partial charge on any atom is 0.232 e. The van der Waals surface area contributed by atoms with Crippen LogP contribution in [0, 0.1) is 22.7 Å². The summed E-state index contributed by atoms with van der Waals surface area (Å²) in [6.07, 6.45) is 0.868. The molecular formula is C15H19N3O. The van der Waals surface area contributed by atoms with E-state index >= 15 is 0 Å². The smallest absolute Gasteiger partial charge is 0.232 e. The van der Waals surface area contributed by atoms with Crippen molar-refractivity contribution in [1.29, 1.82) is 5.26 Å². The minimum atomic E-state index is -0.325. The molecule has 1 fully saturated rings. The molecule has 1 atom stereocenters. The maximum absolute atomic E-state index is 12.5. The van der Waals surface area contributed by atoms with Gasteiger partial charge in [-0.25, -0.2) is 0 Å². The number of amides is 1. The highest BCUT2D eigenvalue weighted by Crippen LogP contribution is 2.35. The highest BCUT2D eigenvalue weighted by atomic mass is 16.2. The number of benzene rings is 1. The first-order chi connectivity index (χ1) is 9.08. The Morgan fingerprint density at radius 3 is 2.58 bits per heavy atom. The highest BCUT2D eigenvalue weighted by molar-refractivity contribution is 5.96. The zero-order valence-electron chi connectivity index (χ0n) is 11.4. The van der Waals surface area contributed by atoms with Crippen LogP contribution in [-0.4, -0.2) is 19.0 Å². The molecule has 0 aromatic heterocycles. The van der Waals surface area contributed by atoms with E-state index in [1.54, 1.807) is 24.3 Å². The second-order valence-electron chi connectivity index (χ2n) is 5.38. The number of carbonyl (C=O) groups excluding carboxylic acids is 1. The largest absolute Gasteiger partial charge is 0.326 e. The second kappa shape index (κ2) is 5.41. The van der Waals surface area contributed by atoms with Crippen molar-refractivity contribution >= 4 is 11.6 Å². The van der Waals surface area contributed by atoms with Gasteiger partial charge in [0.05, 0.1) is 17.0 Å². The summed E-state index contributed by atoms with van der Waals surface area (Å²) in [4.78, 5) is 12.5. The molecule has 0 radical (unpaired) electrons. The Balaban J connectivity index is 2.13. The third-order valence-corrected chi connectivity index (χ3v) is 4.02. The van der Waals surface area contributed by atoms with Crippen molar-refractivity contribution in [2.45, 2.75) is 20.3 Å². The summed E-state index contributed by atoms with van der Waals surface area (Å²) in [7, 11) is 0. The van der Waals surface area contributed by atoms with Crippen LogP contribution in [-0.2, 0) is 4.79 Å². The first kappa shape index (κ1) is 13.6. The van der Waals surface area contributed by atoms with E-state index in [-0.39, 0.29) is 11.3 Å². The molecule has 1 aromatic rings. The molecule has 1 unspecified atom stereocenters. The van der Waals surface area contributed by atoms with Crippen molar-refractivity contribution in [3.8, 4) is 6.07 Å². The van der Waals surface area contributed by atoms with Gasteiger partial charge in [0.15, 0.2) is 0 Å². The monoisotopic (exact) mass is 257 g/mol. The lowest BCUT2D eigenvalue weighted by atomic mass is 9.75. The summed E-state index contributed by atoms with van der Waals surface area (Å²) in [5.74, 6) is 0.359. The van der Waals surface area contributed by atoms with E-state index in [0.29, 0.717) is 11.5 Å². The predicted molar refractivity (Wildman–Crippen MR) is 74.5 cm³/mol. The van der Waals surface area contributed by atoms with Gasteiger partial charge in [0.1, 0.15) is 0 Å². The van der Waals surface area contributed by atoms with Gasteiger partial charge in [0.25, 0.3) is 0 Å². The molecule has 100 valence electrons. The van der Waals surface area contributed by atoms with Gasteiger partial charge in [0, 0.05) is 12.2 Å². The number of hydrogen-bond donors (Lipinski definition) is 2. The second-order valence-corrected chi connectivity index (χ2v) is 5.38. The summed E-state index contributed by atoms with van der Waals surface area (Å²) in [5.41, 5.74) is 1.02. The number of nitrogens with zero attached hydrogens (tertiary/aromatic N) is 1. The number of anilines is 1. The lowest BCUT2D eigenvalue weighted by molar-refractivity contribution is -0.126. The van der Waals surface area contributed by atoms with Gasteiger partial charge in [-0.2, -0.15) is 5.26 Å². The van der Waals surface area contributed by atoms with Gasteiger partial charge in [-0.15, -0.1) is 0 Å². The number of hydrogen-bond acceptors (Lipinski definition) is 3. The van der Waals surface area contributed by atoms with Crippen molar-refractivity contribution in [2.24, 2.45) is 11.3 Å². The first-order valence-electron chi connectivity index (χ1n) is 6.61. The third-order valence-electron chi connectivity index (χ3n) is 4.02. The van der Waals surface area contributed by atoms with E-state index in [1.165, 1.54) is 0 Å². The van der Waals surface area contributed by atoms with Gasteiger partial charge in [-0.3, -0.25) is 4.79 Å². The molecule has 0 saturated carbocycles. The topological polar surface area (TPSA) is 64.9 Å². The van der Waals surface area contributed by atoms with Crippen molar-refractivity contribution < 1.29 is 4.79 Å². The van der Waals surface area contributed by atoms with Crippen molar-refractivity contribution in [3.63, 3.8) is 0 Å². The number of rotatable bonds is 3. The summed E-state index contributed by atoms with van der Waals surface area (Å²) in [5, 5.41) is 15.0. The molecule has 1 amide bonds. The molecule has 1 aliphatic rings. The zero-order valence-corrected chi connectivity index (χ0v) is 11.4. The van der Waals surface area contributed by atoms with E-state index in [4.69, 9.17) is 5.26 Å². The molecule has 4 nitrogen and oxygen atoms in total. The van der Waals surface area contributed by atoms with E-state index < -0.39 is 0 Å². The van der Waals surface area contributed by atoms with Gasteiger partial charge < -0.3 is 10.6 Å². The van der Waals surface area contributed by atoms with Crippen LogP contribution < -0.4 is 10.6 Å². The zero-order chi connectivity index (χ0) is 13.9. The molecule has 1 aromatic carbocycles. The summed E-state index contributed by atoms with van der Waals surface area (Å²) >= 11 is 0. The van der Waals surface area contributed by atoms with Crippen LogP contribution in [0.15, 0.2) is 24.3 Å². The normalized spacial score (nSPS) is 22.2. The molecule has 1 aliphatic heterocycles. The SMILES string of the molecule is CC(C)C1(C(=O)Nc2ccc(C#N)cc2)CCNC1. The Kier molecular flexibility index (Phi) is 3.87. The van der Waals surface area contributed by atoms with Gasteiger partial charge in [0.2, 0.25) is 5.91 Å². The van der Waals surface area contributed by atoms with E-state index in [9.17, 15) is 4.79 Å². The Morgan fingerprint density at radius 2 is 2.11 bits per heavy atom.